The second-order valence-corrected chi connectivity index (χ2v) is 9.07. The second kappa shape index (κ2) is 5.56. The number of fused-ring (bicyclic) bond motifs is 1. The Morgan fingerprint density at radius 3 is 2.33 bits per heavy atom. The van der Waals surface area contributed by atoms with Crippen LogP contribution in [0.2, 0.25) is 0 Å². The van der Waals surface area contributed by atoms with E-state index in [0.717, 1.165) is 44.3 Å². The fraction of sp³-hybridized carbons (Fsp3) is 0.750. The second-order valence-electron chi connectivity index (χ2n) is 9.07. The Morgan fingerprint density at radius 1 is 1.07 bits per heavy atom. The van der Waals surface area contributed by atoms with Crippen LogP contribution in [0.5, 0.6) is 0 Å². The van der Waals surface area contributed by atoms with E-state index < -0.39 is 5.60 Å². The van der Waals surface area contributed by atoms with E-state index in [-0.39, 0.29) is 16.7 Å². The highest BCUT2D eigenvalue weighted by atomic mass is 16.3. The van der Waals surface area contributed by atoms with E-state index in [0.29, 0.717) is 36.1 Å². The van der Waals surface area contributed by atoms with Crippen molar-refractivity contribution in [2.24, 2.45) is 11.8 Å². The topological polar surface area (TPSA) is 92.9 Å². The highest BCUT2D eigenvalue weighted by molar-refractivity contribution is 5.70. The Morgan fingerprint density at radius 2 is 1.70 bits per heavy atom. The van der Waals surface area contributed by atoms with Crippen molar-refractivity contribution in [2.75, 3.05) is 0 Å². The number of hydrogen-bond acceptors (Lipinski definition) is 4. The number of aromatic amines is 1. The van der Waals surface area contributed by atoms with Gasteiger partial charge < -0.3 is 10.1 Å². The van der Waals surface area contributed by atoms with Gasteiger partial charge in [-0.3, -0.25) is 13.9 Å². The molecule has 0 spiro atoms. The van der Waals surface area contributed by atoms with Crippen LogP contribution in [0.4, 0.5) is 0 Å². The van der Waals surface area contributed by atoms with Crippen molar-refractivity contribution in [1.29, 1.82) is 0 Å². The SMILES string of the molecule is CCCn1c(=O)c2[nH]c(C34CC5CC(CC3(O)C5)C4)nc2n(CCC)c1=O. The van der Waals surface area contributed by atoms with Crippen molar-refractivity contribution < 1.29 is 5.11 Å². The van der Waals surface area contributed by atoms with Crippen LogP contribution in [-0.2, 0) is 18.5 Å². The molecule has 7 nitrogen and oxygen atoms in total. The van der Waals surface area contributed by atoms with Crippen molar-refractivity contribution in [3.05, 3.63) is 26.7 Å². The van der Waals surface area contributed by atoms with Gasteiger partial charge >= 0.3 is 5.69 Å². The van der Waals surface area contributed by atoms with Crippen molar-refractivity contribution in [3.8, 4) is 0 Å². The number of imidazole rings is 1. The number of aryl methyl sites for hydroxylation is 1. The number of aromatic nitrogens is 4. The molecule has 2 N–H and O–H groups in total. The zero-order valence-electron chi connectivity index (χ0n) is 16.1. The first-order valence-corrected chi connectivity index (χ1v) is 10.4. The Balaban J connectivity index is 1.75. The standard InChI is InChI=1S/C20H28N4O3/c1-3-5-23-15-14(16(25)24(6-4-2)18(23)26)21-17(22-15)19-8-12-7-13(9-19)11-20(19,27)10-12/h12-13,27H,3-11H2,1-2H3,(H,21,22). The molecule has 4 aliphatic rings. The summed E-state index contributed by atoms with van der Waals surface area (Å²) >= 11 is 0. The molecule has 0 aromatic carbocycles. The molecule has 0 saturated heterocycles. The molecule has 4 fully saturated rings. The summed E-state index contributed by atoms with van der Waals surface area (Å²) in [7, 11) is 0. The molecule has 4 saturated carbocycles. The third-order valence-corrected chi connectivity index (χ3v) is 7.29. The lowest BCUT2D eigenvalue weighted by Crippen LogP contribution is -2.43. The summed E-state index contributed by atoms with van der Waals surface area (Å²) < 4.78 is 2.96. The minimum atomic E-state index is -0.715. The largest absolute Gasteiger partial charge is 0.389 e. The van der Waals surface area contributed by atoms with Gasteiger partial charge in [-0.05, 0) is 56.8 Å². The molecule has 146 valence electrons. The highest BCUT2D eigenvalue weighted by Crippen LogP contribution is 2.67. The predicted molar refractivity (Wildman–Crippen MR) is 102 cm³/mol. The molecule has 2 unspecified atom stereocenters. The highest BCUT2D eigenvalue weighted by Gasteiger charge is 2.68. The van der Waals surface area contributed by atoms with Gasteiger partial charge in [0, 0.05) is 13.1 Å². The van der Waals surface area contributed by atoms with Gasteiger partial charge in [-0.25, -0.2) is 9.78 Å². The maximum atomic E-state index is 13.0. The van der Waals surface area contributed by atoms with Crippen LogP contribution in [0, 0.1) is 11.8 Å². The van der Waals surface area contributed by atoms with Crippen LogP contribution in [-0.4, -0.2) is 29.8 Å². The summed E-state index contributed by atoms with van der Waals surface area (Å²) in [6, 6.07) is 0. The van der Waals surface area contributed by atoms with E-state index in [9.17, 15) is 14.7 Å². The number of aliphatic hydroxyl groups is 1. The minimum Gasteiger partial charge on any atom is -0.389 e. The van der Waals surface area contributed by atoms with E-state index in [1.807, 2.05) is 13.8 Å². The van der Waals surface area contributed by atoms with Crippen LogP contribution < -0.4 is 11.2 Å². The molecule has 27 heavy (non-hydrogen) atoms. The number of rotatable bonds is 5. The average Bonchev–Trinajstić information content (AvgIpc) is 3.20. The van der Waals surface area contributed by atoms with Gasteiger partial charge in [-0.2, -0.15) is 0 Å². The quantitative estimate of drug-likeness (QED) is 0.838. The third kappa shape index (κ3) is 2.09. The lowest BCUT2D eigenvalue weighted by molar-refractivity contribution is -0.00718. The smallest absolute Gasteiger partial charge is 0.332 e. The summed E-state index contributed by atoms with van der Waals surface area (Å²) in [4.78, 5) is 34.0. The van der Waals surface area contributed by atoms with Gasteiger partial charge in [0.1, 0.15) is 11.3 Å². The Bertz CT molecular complexity index is 1020. The van der Waals surface area contributed by atoms with Gasteiger partial charge in [-0.1, -0.05) is 13.8 Å². The summed E-state index contributed by atoms with van der Waals surface area (Å²) in [5.41, 5.74) is -0.789. The molecule has 7 heteroatoms. The lowest BCUT2D eigenvalue weighted by atomic mass is 9.74. The molecule has 0 radical (unpaired) electrons. The number of H-pyrrole nitrogens is 1. The molecule has 2 aromatic rings. The van der Waals surface area contributed by atoms with E-state index in [1.165, 1.54) is 11.0 Å². The number of nitrogens with zero attached hydrogens (tertiary/aromatic N) is 3. The van der Waals surface area contributed by atoms with Crippen LogP contribution in [0.15, 0.2) is 9.59 Å². The molecule has 4 bridgehead atoms. The van der Waals surface area contributed by atoms with Crippen LogP contribution in [0.3, 0.4) is 0 Å². The van der Waals surface area contributed by atoms with Crippen molar-refractivity contribution in [3.63, 3.8) is 0 Å². The monoisotopic (exact) mass is 372 g/mol. The first-order valence-electron chi connectivity index (χ1n) is 10.4. The third-order valence-electron chi connectivity index (χ3n) is 7.29. The lowest BCUT2D eigenvalue weighted by Gasteiger charge is -2.34. The zero-order valence-corrected chi connectivity index (χ0v) is 16.1. The molecule has 0 aliphatic heterocycles. The molecule has 0 amide bonds. The molecule has 4 aliphatic carbocycles. The van der Waals surface area contributed by atoms with E-state index >= 15 is 0 Å². The van der Waals surface area contributed by atoms with E-state index in [1.54, 1.807) is 4.57 Å². The summed E-state index contributed by atoms with van der Waals surface area (Å²) in [5, 5.41) is 11.4. The normalized spacial score (nSPS) is 34.2. The first kappa shape index (κ1) is 17.2. The molecule has 2 atom stereocenters. The average molecular weight is 372 g/mol. The number of hydrogen-bond donors (Lipinski definition) is 2. The number of nitrogens with one attached hydrogen (secondary N) is 1. The molecular formula is C20H28N4O3. The van der Waals surface area contributed by atoms with E-state index in [2.05, 4.69) is 4.98 Å². The van der Waals surface area contributed by atoms with Gasteiger partial charge in [0.15, 0.2) is 5.65 Å². The van der Waals surface area contributed by atoms with Gasteiger partial charge in [0.05, 0.1) is 11.0 Å². The van der Waals surface area contributed by atoms with Gasteiger partial charge in [-0.15, -0.1) is 0 Å². The fourth-order valence-electron chi connectivity index (χ4n) is 6.48. The van der Waals surface area contributed by atoms with Crippen molar-refractivity contribution in [2.45, 2.75) is 82.9 Å². The fourth-order valence-corrected chi connectivity index (χ4v) is 6.48. The molecule has 6 rings (SSSR count). The van der Waals surface area contributed by atoms with Crippen molar-refractivity contribution in [1.82, 2.24) is 19.1 Å². The summed E-state index contributed by atoms with van der Waals surface area (Å²) in [6.45, 7) is 4.91. The molecular weight excluding hydrogens is 344 g/mol. The predicted octanol–water partition coefficient (Wildman–Crippen LogP) is 1.90. The van der Waals surface area contributed by atoms with E-state index in [4.69, 9.17) is 4.98 Å². The maximum absolute atomic E-state index is 13.0. The van der Waals surface area contributed by atoms with Crippen molar-refractivity contribution >= 4 is 11.2 Å². The zero-order chi connectivity index (χ0) is 19.0. The van der Waals surface area contributed by atoms with Crippen LogP contribution >= 0.6 is 0 Å². The van der Waals surface area contributed by atoms with Crippen LogP contribution in [0.25, 0.3) is 11.2 Å². The maximum Gasteiger partial charge on any atom is 0.332 e. The molecule has 2 aromatic heterocycles. The van der Waals surface area contributed by atoms with Gasteiger partial charge in [0.25, 0.3) is 5.56 Å². The minimum absolute atomic E-state index is 0.275. The Labute approximate surface area is 157 Å². The van der Waals surface area contributed by atoms with Gasteiger partial charge in [0.2, 0.25) is 0 Å². The Kier molecular flexibility index (Phi) is 3.55. The summed E-state index contributed by atoms with van der Waals surface area (Å²) in [6.07, 6.45) is 6.25. The van der Waals surface area contributed by atoms with Crippen LogP contribution in [0.1, 0.15) is 64.6 Å². The first-order chi connectivity index (χ1) is 12.9. The Hall–Kier alpha value is -1.89. The summed E-state index contributed by atoms with van der Waals surface area (Å²) in [5.74, 6) is 1.82. The molecule has 2 heterocycles.